The van der Waals surface area contributed by atoms with E-state index in [9.17, 15) is 0 Å². The maximum absolute atomic E-state index is 4.65. The van der Waals surface area contributed by atoms with Crippen molar-refractivity contribution in [3.63, 3.8) is 0 Å². The Morgan fingerprint density at radius 2 is 1.93 bits per heavy atom. The van der Waals surface area contributed by atoms with Gasteiger partial charge in [-0.3, -0.25) is 0 Å². The summed E-state index contributed by atoms with van der Waals surface area (Å²) in [5, 5.41) is 0. The molecule has 0 amide bonds. The maximum Gasteiger partial charge on any atom is 0.0123 e. The summed E-state index contributed by atoms with van der Waals surface area (Å²) in [7, 11) is 0. The third kappa shape index (κ3) is 3.85. The first-order chi connectivity index (χ1) is 14.5. The Kier molecular flexibility index (Phi) is 6.14. The summed E-state index contributed by atoms with van der Waals surface area (Å²) in [5.74, 6) is 1.85. The summed E-state index contributed by atoms with van der Waals surface area (Å²) < 4.78 is 0. The molecule has 0 bridgehead atoms. The first-order valence-electron chi connectivity index (χ1n) is 11.8. The van der Waals surface area contributed by atoms with Crippen LogP contribution in [0.3, 0.4) is 0 Å². The van der Waals surface area contributed by atoms with Gasteiger partial charge in [0.15, 0.2) is 0 Å². The molecule has 0 radical (unpaired) electrons. The molecule has 0 heteroatoms. The second-order valence-corrected chi connectivity index (χ2v) is 9.38. The largest absolute Gasteiger partial charge is 0.0995 e. The third-order valence-electron chi connectivity index (χ3n) is 7.35. The number of hydrogen-bond donors (Lipinski definition) is 0. The molecule has 30 heavy (non-hydrogen) atoms. The number of fused-ring (bicyclic) bond motifs is 1. The average Bonchev–Trinajstić information content (AvgIpc) is 3.36. The van der Waals surface area contributed by atoms with Crippen molar-refractivity contribution in [1.29, 1.82) is 0 Å². The molecule has 4 unspecified atom stereocenters. The SMILES string of the molecule is C=C1C(=CC2=CC=CC2)CC2=CC(C)C(C(=C)CCC)C(c3ccc(CC)cc3)C12. The van der Waals surface area contributed by atoms with Crippen LogP contribution in [0.4, 0.5) is 0 Å². The van der Waals surface area contributed by atoms with Crippen molar-refractivity contribution in [2.24, 2.45) is 17.8 Å². The van der Waals surface area contributed by atoms with Crippen LogP contribution in [0.25, 0.3) is 0 Å². The number of hydrogen-bond acceptors (Lipinski definition) is 0. The van der Waals surface area contributed by atoms with E-state index in [4.69, 9.17) is 0 Å². The molecule has 3 aliphatic rings. The standard InChI is InChI=1S/C30H36/c1-6-10-20(3)28-21(4)17-27-19-26(18-24-11-8-9-12-24)22(5)29(27)30(28)25-15-13-23(7-2)14-16-25/h8-9,11,13-18,21,28-30H,3,5-7,10,12,19H2,1-2,4H3. The molecule has 0 nitrogen and oxygen atoms in total. The molecule has 0 N–H and O–H groups in total. The van der Waals surface area contributed by atoms with Crippen molar-refractivity contribution in [2.75, 3.05) is 0 Å². The first-order valence-corrected chi connectivity index (χ1v) is 11.8. The lowest BCUT2D eigenvalue weighted by Gasteiger charge is -2.41. The van der Waals surface area contributed by atoms with Crippen LogP contribution in [0.2, 0.25) is 0 Å². The van der Waals surface area contributed by atoms with Crippen LogP contribution in [0, 0.1) is 17.8 Å². The Bertz CT molecular complexity index is 944. The van der Waals surface area contributed by atoms with E-state index in [-0.39, 0.29) is 0 Å². The molecular weight excluding hydrogens is 360 g/mol. The zero-order valence-corrected chi connectivity index (χ0v) is 19.0. The van der Waals surface area contributed by atoms with Crippen molar-refractivity contribution >= 4 is 0 Å². The minimum atomic E-state index is 0.411. The Labute approximate surface area is 183 Å². The average molecular weight is 397 g/mol. The van der Waals surface area contributed by atoms with Gasteiger partial charge in [0.05, 0.1) is 0 Å². The number of benzene rings is 1. The van der Waals surface area contributed by atoms with Gasteiger partial charge in [0.1, 0.15) is 0 Å². The highest BCUT2D eigenvalue weighted by Crippen LogP contribution is 2.56. The minimum absolute atomic E-state index is 0.411. The van der Waals surface area contributed by atoms with Crippen LogP contribution in [0.5, 0.6) is 0 Å². The molecule has 1 fully saturated rings. The van der Waals surface area contributed by atoms with Gasteiger partial charge in [0.2, 0.25) is 0 Å². The topological polar surface area (TPSA) is 0 Å². The molecule has 4 rings (SSSR count). The molecule has 0 aromatic heterocycles. The third-order valence-corrected chi connectivity index (χ3v) is 7.35. The Morgan fingerprint density at radius 1 is 1.17 bits per heavy atom. The molecule has 0 heterocycles. The van der Waals surface area contributed by atoms with Crippen LogP contribution in [0.1, 0.15) is 63.5 Å². The molecule has 0 aliphatic heterocycles. The fourth-order valence-corrected chi connectivity index (χ4v) is 5.88. The van der Waals surface area contributed by atoms with Gasteiger partial charge in [-0.05, 0) is 65.4 Å². The molecule has 3 aliphatic carbocycles. The molecule has 1 aromatic rings. The zero-order chi connectivity index (χ0) is 21.3. The summed E-state index contributed by atoms with van der Waals surface area (Å²) >= 11 is 0. The van der Waals surface area contributed by atoms with E-state index in [1.54, 1.807) is 5.57 Å². The van der Waals surface area contributed by atoms with E-state index in [1.807, 2.05) is 0 Å². The van der Waals surface area contributed by atoms with Crippen LogP contribution in [-0.4, -0.2) is 0 Å². The van der Waals surface area contributed by atoms with Gasteiger partial charge in [0, 0.05) is 11.8 Å². The Balaban J connectivity index is 1.76. The summed E-state index contributed by atoms with van der Waals surface area (Å²) in [6.45, 7) is 16.1. The monoisotopic (exact) mass is 396 g/mol. The van der Waals surface area contributed by atoms with Gasteiger partial charge < -0.3 is 0 Å². The Morgan fingerprint density at radius 3 is 2.57 bits per heavy atom. The highest BCUT2D eigenvalue weighted by atomic mass is 14.5. The molecule has 0 saturated heterocycles. The smallest absolute Gasteiger partial charge is 0.0123 e. The van der Waals surface area contributed by atoms with Crippen LogP contribution in [0.15, 0.2) is 95.7 Å². The summed E-state index contributed by atoms with van der Waals surface area (Å²) in [6.07, 6.45) is 17.1. The van der Waals surface area contributed by atoms with Crippen molar-refractivity contribution in [3.8, 4) is 0 Å². The highest BCUT2D eigenvalue weighted by Gasteiger charge is 2.45. The van der Waals surface area contributed by atoms with Crippen LogP contribution in [-0.2, 0) is 6.42 Å². The zero-order valence-electron chi connectivity index (χ0n) is 19.0. The predicted molar refractivity (Wildman–Crippen MR) is 131 cm³/mol. The van der Waals surface area contributed by atoms with Gasteiger partial charge in [-0.15, -0.1) is 0 Å². The summed E-state index contributed by atoms with van der Waals surface area (Å²) in [6, 6.07) is 9.40. The van der Waals surface area contributed by atoms with Gasteiger partial charge in [-0.2, -0.15) is 0 Å². The maximum atomic E-state index is 4.65. The van der Waals surface area contributed by atoms with Crippen molar-refractivity contribution in [3.05, 3.63) is 107 Å². The van der Waals surface area contributed by atoms with E-state index in [0.29, 0.717) is 23.7 Å². The van der Waals surface area contributed by atoms with Crippen LogP contribution >= 0.6 is 0 Å². The number of aryl methyl sites for hydroxylation is 1. The van der Waals surface area contributed by atoms with Gasteiger partial charge in [-0.25, -0.2) is 0 Å². The lowest BCUT2D eigenvalue weighted by Crippen LogP contribution is -2.31. The molecule has 0 spiro atoms. The lowest BCUT2D eigenvalue weighted by atomic mass is 9.62. The summed E-state index contributed by atoms with van der Waals surface area (Å²) in [4.78, 5) is 0. The van der Waals surface area contributed by atoms with Gasteiger partial charge >= 0.3 is 0 Å². The van der Waals surface area contributed by atoms with Crippen molar-refractivity contribution < 1.29 is 0 Å². The molecule has 156 valence electrons. The van der Waals surface area contributed by atoms with E-state index in [1.165, 1.54) is 33.4 Å². The van der Waals surface area contributed by atoms with Gasteiger partial charge in [-0.1, -0.05) is 106 Å². The van der Waals surface area contributed by atoms with Gasteiger partial charge in [0.25, 0.3) is 0 Å². The second-order valence-electron chi connectivity index (χ2n) is 9.38. The van der Waals surface area contributed by atoms with Crippen molar-refractivity contribution in [1.82, 2.24) is 0 Å². The lowest BCUT2D eigenvalue weighted by molar-refractivity contribution is 0.322. The van der Waals surface area contributed by atoms with Crippen molar-refractivity contribution in [2.45, 2.75) is 58.8 Å². The summed E-state index contributed by atoms with van der Waals surface area (Å²) in [5.41, 5.74) is 10.0. The van der Waals surface area contributed by atoms with E-state index in [2.05, 4.69) is 88.6 Å². The first kappa shape index (κ1) is 20.9. The van der Waals surface area contributed by atoms with E-state index < -0.39 is 0 Å². The number of rotatable bonds is 6. The van der Waals surface area contributed by atoms with E-state index in [0.717, 1.165) is 32.1 Å². The minimum Gasteiger partial charge on any atom is -0.0995 e. The highest BCUT2D eigenvalue weighted by molar-refractivity contribution is 5.54. The molecule has 4 atom stereocenters. The molecule has 1 aromatic carbocycles. The fraction of sp³-hybridized carbons (Fsp3) is 0.400. The van der Waals surface area contributed by atoms with Crippen LogP contribution < -0.4 is 0 Å². The van der Waals surface area contributed by atoms with E-state index >= 15 is 0 Å². The second kappa shape index (κ2) is 8.80. The quantitative estimate of drug-likeness (QED) is 0.424. The fourth-order valence-electron chi connectivity index (χ4n) is 5.88. The molecule has 1 saturated carbocycles. The normalized spacial score (nSPS) is 29.2. The molecular formula is C30H36. The Hall–Kier alpha value is -2.34. The number of allylic oxidation sites excluding steroid dienone is 10. The predicted octanol–water partition coefficient (Wildman–Crippen LogP) is 8.27.